The summed E-state index contributed by atoms with van der Waals surface area (Å²) in [6.45, 7) is 3.43. The minimum absolute atomic E-state index is 0.0183. The van der Waals surface area contributed by atoms with Crippen molar-refractivity contribution >= 4 is 16.7 Å². The molecule has 0 fully saturated rings. The molecular formula is C27H22FNO5. The van der Waals surface area contributed by atoms with E-state index in [9.17, 15) is 14.0 Å². The van der Waals surface area contributed by atoms with Crippen LogP contribution in [0.15, 0.2) is 71.7 Å². The van der Waals surface area contributed by atoms with Crippen LogP contribution in [0.1, 0.15) is 28.4 Å². The first-order chi connectivity index (χ1) is 16.5. The largest absolute Gasteiger partial charge is 0.494 e. The zero-order valence-electron chi connectivity index (χ0n) is 18.5. The fourth-order valence-corrected chi connectivity index (χ4v) is 4.08. The van der Waals surface area contributed by atoms with Gasteiger partial charge in [-0.3, -0.25) is 9.59 Å². The molecule has 2 heterocycles. The molecule has 1 aliphatic heterocycles. The van der Waals surface area contributed by atoms with Gasteiger partial charge in [0.2, 0.25) is 5.43 Å². The van der Waals surface area contributed by atoms with E-state index in [2.05, 4.69) is 0 Å². The Kier molecular flexibility index (Phi) is 5.76. The third-order valence-electron chi connectivity index (χ3n) is 5.66. The number of halogens is 1. The molecule has 0 radical (unpaired) electrons. The molecule has 6 nitrogen and oxygen atoms in total. The van der Waals surface area contributed by atoms with E-state index in [4.69, 9.17) is 14.2 Å². The first-order valence-corrected chi connectivity index (χ1v) is 11.0. The molecule has 5 rings (SSSR count). The average Bonchev–Trinajstić information content (AvgIpc) is 2.85. The highest BCUT2D eigenvalue weighted by Crippen LogP contribution is 2.34. The highest BCUT2D eigenvalue weighted by molar-refractivity contribution is 6.10. The number of benzene rings is 3. The smallest absolute Gasteiger partial charge is 0.200 e. The van der Waals surface area contributed by atoms with Gasteiger partial charge in [0.15, 0.2) is 17.3 Å². The molecule has 0 amide bonds. The third kappa shape index (κ3) is 4.12. The normalized spacial score (nSPS) is 12.5. The van der Waals surface area contributed by atoms with Gasteiger partial charge in [-0.2, -0.15) is 0 Å². The fourth-order valence-electron chi connectivity index (χ4n) is 4.08. The van der Waals surface area contributed by atoms with Crippen molar-refractivity contribution in [3.63, 3.8) is 0 Å². The van der Waals surface area contributed by atoms with Crippen LogP contribution >= 0.6 is 0 Å². The van der Waals surface area contributed by atoms with Gasteiger partial charge < -0.3 is 18.8 Å². The van der Waals surface area contributed by atoms with Crippen LogP contribution in [0, 0.1) is 5.82 Å². The molecule has 3 aromatic carbocycles. The number of aromatic nitrogens is 1. The summed E-state index contributed by atoms with van der Waals surface area (Å²) >= 11 is 0. The molecule has 0 unspecified atom stereocenters. The lowest BCUT2D eigenvalue weighted by Gasteiger charge is -2.21. The summed E-state index contributed by atoms with van der Waals surface area (Å²) in [5.74, 6) is 0.862. The molecule has 34 heavy (non-hydrogen) atoms. The number of ketones is 1. The molecule has 0 saturated carbocycles. The number of ether oxygens (including phenoxy) is 3. The van der Waals surface area contributed by atoms with Gasteiger partial charge in [0.25, 0.3) is 0 Å². The molecule has 0 bridgehead atoms. The van der Waals surface area contributed by atoms with E-state index >= 15 is 0 Å². The predicted octanol–water partition coefficient (Wildman–Crippen LogP) is 4.59. The SMILES string of the molecule is CCOc1ccc(C(=O)c2cn(Cc3cccc(F)c3)c3cc4c(cc3c2=O)OCCO4)cc1. The van der Waals surface area contributed by atoms with Crippen molar-refractivity contribution in [3.05, 3.63) is 99.6 Å². The predicted molar refractivity (Wildman–Crippen MR) is 126 cm³/mol. The Morgan fingerprint density at radius 1 is 1.03 bits per heavy atom. The van der Waals surface area contributed by atoms with Gasteiger partial charge in [0, 0.05) is 24.4 Å². The maximum atomic E-state index is 13.8. The maximum absolute atomic E-state index is 13.8. The molecule has 172 valence electrons. The van der Waals surface area contributed by atoms with Gasteiger partial charge in [-0.05, 0) is 55.0 Å². The quantitative estimate of drug-likeness (QED) is 0.395. The fraction of sp³-hybridized carbons (Fsp3) is 0.185. The molecule has 0 N–H and O–H groups in total. The van der Waals surface area contributed by atoms with E-state index in [0.717, 1.165) is 0 Å². The van der Waals surface area contributed by atoms with Gasteiger partial charge in [0.1, 0.15) is 24.8 Å². The van der Waals surface area contributed by atoms with E-state index in [1.54, 1.807) is 53.1 Å². The number of fused-ring (bicyclic) bond motifs is 2. The number of rotatable bonds is 6. The number of nitrogens with zero attached hydrogens (tertiary/aromatic N) is 1. The Morgan fingerprint density at radius 2 is 1.76 bits per heavy atom. The second-order valence-corrected chi connectivity index (χ2v) is 7.93. The second kappa shape index (κ2) is 9.02. The zero-order valence-corrected chi connectivity index (χ0v) is 18.5. The number of hydrogen-bond acceptors (Lipinski definition) is 5. The molecule has 0 saturated heterocycles. The average molecular weight is 459 g/mol. The lowest BCUT2D eigenvalue weighted by molar-refractivity contribution is 0.103. The van der Waals surface area contributed by atoms with Crippen LogP contribution in [0.3, 0.4) is 0 Å². The van der Waals surface area contributed by atoms with Crippen LogP contribution in [0.4, 0.5) is 4.39 Å². The monoisotopic (exact) mass is 459 g/mol. The number of carbonyl (C=O) groups is 1. The molecule has 1 aliphatic rings. The second-order valence-electron chi connectivity index (χ2n) is 7.93. The van der Waals surface area contributed by atoms with E-state index in [1.165, 1.54) is 18.3 Å². The number of hydrogen-bond donors (Lipinski definition) is 0. The molecule has 0 atom stereocenters. The number of carbonyl (C=O) groups excluding carboxylic acids is 1. The van der Waals surface area contributed by atoms with Crippen molar-refractivity contribution in [2.24, 2.45) is 0 Å². The topological polar surface area (TPSA) is 66.8 Å². The Morgan fingerprint density at radius 3 is 2.47 bits per heavy atom. The molecule has 0 spiro atoms. The van der Waals surface area contributed by atoms with E-state index in [1.807, 2.05) is 6.92 Å². The van der Waals surface area contributed by atoms with Crippen molar-refractivity contribution in [2.75, 3.05) is 19.8 Å². The summed E-state index contributed by atoms with van der Waals surface area (Å²) in [6.07, 6.45) is 1.53. The van der Waals surface area contributed by atoms with Crippen molar-refractivity contribution in [1.29, 1.82) is 0 Å². The van der Waals surface area contributed by atoms with Gasteiger partial charge in [-0.15, -0.1) is 0 Å². The molecule has 4 aromatic rings. The summed E-state index contributed by atoms with van der Waals surface area (Å²) in [5.41, 5.74) is 1.25. The third-order valence-corrected chi connectivity index (χ3v) is 5.66. The van der Waals surface area contributed by atoms with Gasteiger partial charge in [0.05, 0.1) is 23.1 Å². The maximum Gasteiger partial charge on any atom is 0.200 e. The van der Waals surface area contributed by atoms with Crippen LogP contribution in [-0.4, -0.2) is 30.2 Å². The van der Waals surface area contributed by atoms with E-state index in [-0.39, 0.29) is 17.9 Å². The highest BCUT2D eigenvalue weighted by Gasteiger charge is 2.21. The van der Waals surface area contributed by atoms with Crippen molar-refractivity contribution < 1.29 is 23.4 Å². The lowest BCUT2D eigenvalue weighted by Crippen LogP contribution is -2.21. The molecular weight excluding hydrogens is 437 g/mol. The molecule has 1 aromatic heterocycles. The van der Waals surface area contributed by atoms with Crippen molar-refractivity contribution in [3.8, 4) is 17.2 Å². The minimum Gasteiger partial charge on any atom is -0.494 e. The number of pyridine rings is 1. The highest BCUT2D eigenvalue weighted by atomic mass is 19.1. The molecule has 0 aliphatic carbocycles. The lowest BCUT2D eigenvalue weighted by atomic mass is 10.0. The zero-order chi connectivity index (χ0) is 23.7. The van der Waals surface area contributed by atoms with Crippen molar-refractivity contribution in [1.82, 2.24) is 4.57 Å². The summed E-state index contributed by atoms with van der Waals surface area (Å²) in [5, 5.41) is 0.331. The van der Waals surface area contributed by atoms with Crippen LogP contribution in [0.5, 0.6) is 17.2 Å². The Labute approximate surface area is 195 Å². The Hall–Kier alpha value is -4.13. The summed E-state index contributed by atoms with van der Waals surface area (Å²) in [4.78, 5) is 26.8. The van der Waals surface area contributed by atoms with Crippen molar-refractivity contribution in [2.45, 2.75) is 13.5 Å². The van der Waals surface area contributed by atoms with Gasteiger partial charge in [-0.25, -0.2) is 4.39 Å². The Balaban J connectivity index is 1.66. The minimum atomic E-state index is -0.405. The molecule has 7 heteroatoms. The van der Waals surface area contributed by atoms with Gasteiger partial charge in [-0.1, -0.05) is 12.1 Å². The van der Waals surface area contributed by atoms with Crippen LogP contribution in [0.25, 0.3) is 10.9 Å². The standard InChI is InChI=1S/C27H22FNO5/c1-2-32-20-8-6-18(7-9-20)26(30)22-16-29(15-17-4-3-5-19(28)12-17)23-14-25-24(33-10-11-34-25)13-21(23)27(22)31/h3-9,12-14,16H,2,10-11,15H2,1H3. The van der Waals surface area contributed by atoms with E-state index < -0.39 is 11.2 Å². The van der Waals surface area contributed by atoms with Gasteiger partial charge >= 0.3 is 0 Å². The summed E-state index contributed by atoms with van der Waals surface area (Å²) in [7, 11) is 0. The summed E-state index contributed by atoms with van der Waals surface area (Å²) in [6, 6.07) is 16.2. The summed E-state index contributed by atoms with van der Waals surface area (Å²) < 4.78 is 32.4. The van der Waals surface area contributed by atoms with Crippen LogP contribution < -0.4 is 19.6 Å². The first kappa shape index (κ1) is 21.7. The van der Waals surface area contributed by atoms with E-state index in [0.29, 0.717) is 59.1 Å². The van der Waals surface area contributed by atoms with Crippen LogP contribution in [-0.2, 0) is 6.54 Å². The first-order valence-electron chi connectivity index (χ1n) is 11.0. The Bertz CT molecular complexity index is 1440. The van der Waals surface area contributed by atoms with Crippen LogP contribution in [0.2, 0.25) is 0 Å².